The Morgan fingerprint density at radius 3 is 2.75 bits per heavy atom. The van der Waals surface area contributed by atoms with Crippen molar-refractivity contribution in [2.24, 2.45) is 0 Å². The predicted octanol–water partition coefficient (Wildman–Crippen LogP) is 3.50. The van der Waals surface area contributed by atoms with E-state index in [0.717, 1.165) is 3.57 Å². The molecule has 0 radical (unpaired) electrons. The molecule has 1 aromatic carbocycles. The zero-order valence-electron chi connectivity index (χ0n) is 11.1. The lowest BCUT2D eigenvalue weighted by molar-refractivity contribution is -0.152. The van der Waals surface area contributed by atoms with Crippen LogP contribution >= 0.6 is 22.6 Å². The number of allylic oxidation sites excluding steroid dienone is 2. The normalized spacial score (nSPS) is 25.4. The maximum absolute atomic E-state index is 13.9. The van der Waals surface area contributed by atoms with Crippen molar-refractivity contribution in [1.29, 1.82) is 0 Å². The third-order valence-corrected chi connectivity index (χ3v) is 4.18. The maximum atomic E-state index is 13.9. The summed E-state index contributed by atoms with van der Waals surface area (Å²) in [6.45, 7) is 1.68. The van der Waals surface area contributed by atoms with Crippen molar-refractivity contribution < 1.29 is 19.0 Å². The van der Waals surface area contributed by atoms with Gasteiger partial charge in [-0.25, -0.2) is 9.18 Å². The summed E-state index contributed by atoms with van der Waals surface area (Å²) in [6, 6.07) is 4.87. The number of carboxylic acid groups (broad SMARTS) is 1. The molecule has 2 atom stereocenters. The summed E-state index contributed by atoms with van der Waals surface area (Å²) >= 11 is 2.12. The molecular formula is C15H14FIO3. The SMILES string of the molecule is COC1(C(=O)O)C=CC(c2cc(I)ccc2F)C=C1C. The van der Waals surface area contributed by atoms with Gasteiger partial charge in [-0.3, -0.25) is 0 Å². The first-order valence-electron chi connectivity index (χ1n) is 6.02. The highest BCUT2D eigenvalue weighted by Crippen LogP contribution is 2.35. The molecule has 20 heavy (non-hydrogen) atoms. The van der Waals surface area contributed by atoms with E-state index >= 15 is 0 Å². The van der Waals surface area contributed by atoms with Crippen LogP contribution in [-0.2, 0) is 9.53 Å². The molecule has 0 bridgehead atoms. The molecule has 5 heteroatoms. The number of methoxy groups -OCH3 is 1. The van der Waals surface area contributed by atoms with Crippen LogP contribution in [0.5, 0.6) is 0 Å². The van der Waals surface area contributed by atoms with Gasteiger partial charge >= 0.3 is 5.97 Å². The number of rotatable bonds is 3. The molecule has 1 aliphatic rings. The van der Waals surface area contributed by atoms with Gasteiger partial charge in [0.25, 0.3) is 0 Å². The number of halogens is 2. The average Bonchev–Trinajstić information content (AvgIpc) is 2.41. The zero-order chi connectivity index (χ0) is 14.9. The molecule has 0 heterocycles. The molecule has 0 fully saturated rings. The molecule has 3 nitrogen and oxygen atoms in total. The fourth-order valence-corrected chi connectivity index (χ4v) is 2.85. The highest BCUT2D eigenvalue weighted by atomic mass is 127. The van der Waals surface area contributed by atoms with Gasteiger partial charge in [0.05, 0.1) is 0 Å². The van der Waals surface area contributed by atoms with Gasteiger partial charge in [-0.2, -0.15) is 0 Å². The van der Waals surface area contributed by atoms with Crippen LogP contribution in [0.2, 0.25) is 0 Å². The molecule has 0 spiro atoms. The number of hydrogen-bond donors (Lipinski definition) is 1. The number of carboxylic acids is 1. The molecule has 106 valence electrons. The minimum absolute atomic E-state index is 0.285. The van der Waals surface area contributed by atoms with Crippen LogP contribution in [0, 0.1) is 9.39 Å². The first kappa shape index (κ1) is 15.2. The van der Waals surface area contributed by atoms with E-state index < -0.39 is 11.6 Å². The second kappa shape index (κ2) is 5.65. The lowest BCUT2D eigenvalue weighted by Crippen LogP contribution is -2.41. The van der Waals surface area contributed by atoms with Gasteiger partial charge in [0.2, 0.25) is 5.60 Å². The van der Waals surface area contributed by atoms with E-state index in [1.54, 1.807) is 31.2 Å². The monoisotopic (exact) mass is 388 g/mol. The van der Waals surface area contributed by atoms with Crippen molar-refractivity contribution >= 4 is 28.6 Å². The first-order valence-corrected chi connectivity index (χ1v) is 7.10. The summed E-state index contributed by atoms with van der Waals surface area (Å²) in [6.07, 6.45) is 4.87. The molecule has 0 saturated heterocycles. The molecular weight excluding hydrogens is 374 g/mol. The Balaban J connectivity index is 2.43. The second-order valence-corrected chi connectivity index (χ2v) is 5.89. The Bertz CT molecular complexity index is 609. The lowest BCUT2D eigenvalue weighted by atomic mass is 9.82. The zero-order valence-corrected chi connectivity index (χ0v) is 13.2. The number of hydrogen-bond acceptors (Lipinski definition) is 2. The summed E-state index contributed by atoms with van der Waals surface area (Å²) in [4.78, 5) is 11.4. The highest BCUT2D eigenvalue weighted by Gasteiger charge is 2.40. The van der Waals surface area contributed by atoms with Gasteiger partial charge in [0, 0.05) is 16.6 Å². The average molecular weight is 388 g/mol. The van der Waals surface area contributed by atoms with Crippen molar-refractivity contribution in [3.05, 3.63) is 57.0 Å². The standard InChI is InChI=1S/C15H14FIO3/c1-9-7-10(5-6-15(9,20-2)14(18)19)12-8-11(17)3-4-13(12)16/h3-8,10H,1-2H3,(H,18,19). The van der Waals surface area contributed by atoms with Crippen LogP contribution in [0.1, 0.15) is 18.4 Å². The molecule has 1 N–H and O–H groups in total. The molecule has 1 aliphatic carbocycles. The van der Waals surface area contributed by atoms with E-state index in [2.05, 4.69) is 22.6 Å². The van der Waals surface area contributed by atoms with E-state index in [0.29, 0.717) is 11.1 Å². The smallest absolute Gasteiger partial charge is 0.344 e. The summed E-state index contributed by atoms with van der Waals surface area (Å²) in [5, 5.41) is 9.32. The molecule has 2 unspecified atom stereocenters. The summed E-state index contributed by atoms with van der Waals surface area (Å²) in [7, 11) is 1.35. The molecule has 0 aromatic heterocycles. The number of benzene rings is 1. The van der Waals surface area contributed by atoms with Gasteiger partial charge < -0.3 is 9.84 Å². The Morgan fingerprint density at radius 1 is 1.50 bits per heavy atom. The van der Waals surface area contributed by atoms with Crippen LogP contribution in [0.4, 0.5) is 4.39 Å². The van der Waals surface area contributed by atoms with Gasteiger partial charge in [-0.15, -0.1) is 0 Å². The van der Waals surface area contributed by atoms with Gasteiger partial charge in [0.15, 0.2) is 0 Å². The molecule has 1 aromatic rings. The Morgan fingerprint density at radius 2 is 2.20 bits per heavy atom. The highest BCUT2D eigenvalue weighted by molar-refractivity contribution is 14.1. The molecule has 0 amide bonds. The summed E-state index contributed by atoms with van der Waals surface area (Å²) in [5.41, 5.74) is -0.379. The molecule has 0 saturated carbocycles. The predicted molar refractivity (Wildman–Crippen MR) is 82.1 cm³/mol. The van der Waals surface area contributed by atoms with Crippen molar-refractivity contribution in [2.75, 3.05) is 7.11 Å². The van der Waals surface area contributed by atoms with Crippen LogP contribution in [0.25, 0.3) is 0 Å². The van der Waals surface area contributed by atoms with Gasteiger partial charge in [-0.1, -0.05) is 12.2 Å². The number of carbonyl (C=O) groups is 1. The van der Waals surface area contributed by atoms with Crippen LogP contribution in [0.15, 0.2) is 42.0 Å². The van der Waals surface area contributed by atoms with Gasteiger partial charge in [-0.05, 0) is 64.9 Å². The summed E-state index contributed by atoms with van der Waals surface area (Å²) < 4.78 is 20.0. The Hall–Kier alpha value is -1.21. The fraction of sp³-hybridized carbons (Fsp3) is 0.267. The molecule has 2 rings (SSSR count). The van der Waals surface area contributed by atoms with E-state index in [-0.39, 0.29) is 11.7 Å². The lowest BCUT2D eigenvalue weighted by Gasteiger charge is -2.30. The van der Waals surface area contributed by atoms with Crippen molar-refractivity contribution in [1.82, 2.24) is 0 Å². The summed E-state index contributed by atoms with van der Waals surface area (Å²) in [5.74, 6) is -1.66. The van der Waals surface area contributed by atoms with Gasteiger partial charge in [0.1, 0.15) is 5.82 Å². The largest absolute Gasteiger partial charge is 0.479 e. The van der Waals surface area contributed by atoms with Crippen LogP contribution in [-0.4, -0.2) is 23.8 Å². The van der Waals surface area contributed by atoms with Crippen LogP contribution < -0.4 is 0 Å². The minimum atomic E-state index is -1.45. The van der Waals surface area contributed by atoms with E-state index in [1.807, 2.05) is 0 Å². The first-order chi connectivity index (χ1) is 9.40. The Kier molecular flexibility index (Phi) is 4.29. The van der Waals surface area contributed by atoms with Crippen molar-refractivity contribution in [2.45, 2.75) is 18.4 Å². The molecule has 0 aliphatic heterocycles. The van der Waals surface area contributed by atoms with E-state index in [9.17, 15) is 14.3 Å². The maximum Gasteiger partial charge on any atom is 0.344 e. The number of ether oxygens (including phenoxy) is 1. The Labute approximate surface area is 130 Å². The fourth-order valence-electron chi connectivity index (χ4n) is 2.34. The quantitative estimate of drug-likeness (QED) is 0.637. The van der Waals surface area contributed by atoms with Crippen molar-refractivity contribution in [3.8, 4) is 0 Å². The second-order valence-electron chi connectivity index (χ2n) is 4.65. The topological polar surface area (TPSA) is 46.5 Å². The third-order valence-electron chi connectivity index (χ3n) is 3.51. The van der Waals surface area contributed by atoms with Crippen LogP contribution in [0.3, 0.4) is 0 Å². The van der Waals surface area contributed by atoms with Crippen molar-refractivity contribution in [3.63, 3.8) is 0 Å². The van der Waals surface area contributed by atoms with E-state index in [4.69, 9.17) is 4.74 Å². The van der Waals surface area contributed by atoms with E-state index in [1.165, 1.54) is 19.3 Å². The number of aliphatic carboxylic acids is 1. The minimum Gasteiger partial charge on any atom is -0.479 e. The third kappa shape index (κ3) is 2.52.